The number of nitrogens with zero attached hydrogens (tertiary/aromatic N) is 2. The summed E-state index contributed by atoms with van der Waals surface area (Å²) >= 11 is 0. The van der Waals surface area contributed by atoms with Gasteiger partial charge >= 0.3 is 15.6 Å². The Balaban J connectivity index is 1.59. The van der Waals surface area contributed by atoms with E-state index in [2.05, 4.69) is 21.1 Å². The zero-order chi connectivity index (χ0) is 26.2. The fourth-order valence-corrected chi connectivity index (χ4v) is 4.03. The van der Waals surface area contributed by atoms with E-state index in [1.165, 1.54) is 50.8 Å². The number of alkyl halides is 3. The first kappa shape index (κ1) is 27.6. The van der Waals surface area contributed by atoms with Crippen molar-refractivity contribution >= 4 is 21.2 Å². The molecule has 0 fully saturated rings. The second-order valence-corrected chi connectivity index (χ2v) is 9.90. The first-order valence-electron chi connectivity index (χ1n) is 11.8. The van der Waals surface area contributed by atoms with E-state index in [0.29, 0.717) is 34.6 Å². The molecule has 0 bridgehead atoms. The standard InChI is InChI=1S/C25H28F4N2O4S/c1-2-3-4-5-6-7-8-9-14-34-24-17-30-22-16-19(10-12-21(22)31-24)18-11-13-23(20(26)15-18)35-36(32,33)25(27,28)29/h10-13,15-17H,2-9,14H2,1H3. The van der Waals surface area contributed by atoms with Crippen LogP contribution in [0.15, 0.2) is 42.6 Å². The van der Waals surface area contributed by atoms with Crippen molar-refractivity contribution in [2.24, 2.45) is 0 Å². The summed E-state index contributed by atoms with van der Waals surface area (Å²) in [5.41, 5.74) is -3.79. The van der Waals surface area contributed by atoms with Gasteiger partial charge in [-0.2, -0.15) is 21.6 Å². The molecule has 36 heavy (non-hydrogen) atoms. The number of aromatic nitrogens is 2. The zero-order valence-corrected chi connectivity index (χ0v) is 20.7. The number of benzene rings is 2. The molecule has 0 aliphatic rings. The van der Waals surface area contributed by atoms with Crippen LogP contribution in [0.5, 0.6) is 11.6 Å². The van der Waals surface area contributed by atoms with Crippen LogP contribution in [0.2, 0.25) is 0 Å². The van der Waals surface area contributed by atoms with Crippen molar-refractivity contribution in [2.45, 2.75) is 63.8 Å². The van der Waals surface area contributed by atoms with E-state index in [4.69, 9.17) is 4.74 Å². The highest BCUT2D eigenvalue weighted by molar-refractivity contribution is 7.88. The van der Waals surface area contributed by atoms with Crippen LogP contribution in [-0.4, -0.2) is 30.5 Å². The Bertz CT molecular complexity index is 1270. The predicted molar refractivity (Wildman–Crippen MR) is 129 cm³/mol. The molecule has 1 aromatic heterocycles. The Hall–Kier alpha value is -2.95. The summed E-state index contributed by atoms with van der Waals surface area (Å²) in [6.07, 6.45) is 11.1. The summed E-state index contributed by atoms with van der Waals surface area (Å²) < 4.78 is 83.5. The number of fused-ring (bicyclic) bond motifs is 1. The second-order valence-electron chi connectivity index (χ2n) is 8.36. The summed E-state index contributed by atoms with van der Waals surface area (Å²) in [6, 6.07) is 7.90. The molecule has 3 rings (SSSR count). The van der Waals surface area contributed by atoms with E-state index < -0.39 is 27.2 Å². The molecule has 11 heteroatoms. The maximum Gasteiger partial charge on any atom is 0.534 e. The first-order chi connectivity index (χ1) is 17.1. The van der Waals surface area contributed by atoms with Gasteiger partial charge in [0.25, 0.3) is 0 Å². The van der Waals surface area contributed by atoms with Gasteiger partial charge < -0.3 is 8.92 Å². The highest BCUT2D eigenvalue weighted by Gasteiger charge is 2.48. The van der Waals surface area contributed by atoms with Crippen LogP contribution in [0.25, 0.3) is 22.2 Å². The topological polar surface area (TPSA) is 78.4 Å². The average Bonchev–Trinajstić information content (AvgIpc) is 2.83. The number of hydrogen-bond donors (Lipinski definition) is 0. The van der Waals surface area contributed by atoms with Gasteiger partial charge in [0.05, 0.1) is 23.8 Å². The molecule has 0 radical (unpaired) electrons. The normalized spacial score (nSPS) is 12.1. The van der Waals surface area contributed by atoms with Gasteiger partial charge in [0.2, 0.25) is 5.88 Å². The molecule has 0 aliphatic carbocycles. The minimum Gasteiger partial charge on any atom is -0.477 e. The third-order valence-corrected chi connectivity index (χ3v) is 6.48. The van der Waals surface area contributed by atoms with Gasteiger partial charge in [0, 0.05) is 0 Å². The number of halogens is 4. The van der Waals surface area contributed by atoms with Gasteiger partial charge in [0.15, 0.2) is 11.6 Å². The SMILES string of the molecule is CCCCCCCCCCOc1cnc2cc(-c3ccc(OS(=O)(=O)C(F)(F)F)c(F)c3)ccc2n1. The fraction of sp³-hybridized carbons (Fsp3) is 0.440. The second kappa shape index (κ2) is 12.3. The van der Waals surface area contributed by atoms with Crippen molar-refractivity contribution in [1.82, 2.24) is 9.97 Å². The minimum absolute atomic E-state index is 0.294. The number of unbranched alkanes of at least 4 members (excludes halogenated alkanes) is 7. The largest absolute Gasteiger partial charge is 0.534 e. The number of rotatable bonds is 13. The van der Waals surface area contributed by atoms with E-state index in [1.54, 1.807) is 18.2 Å². The summed E-state index contributed by atoms with van der Waals surface area (Å²) in [7, 11) is -5.97. The molecule has 196 valence electrons. The molecule has 1 heterocycles. The van der Waals surface area contributed by atoms with E-state index >= 15 is 0 Å². The third kappa shape index (κ3) is 7.52. The number of hydrogen-bond acceptors (Lipinski definition) is 6. The van der Waals surface area contributed by atoms with E-state index in [-0.39, 0.29) is 0 Å². The quantitative estimate of drug-likeness (QED) is 0.101. The average molecular weight is 529 g/mol. The van der Waals surface area contributed by atoms with Crippen LogP contribution < -0.4 is 8.92 Å². The molecule has 0 unspecified atom stereocenters. The van der Waals surface area contributed by atoms with E-state index in [1.807, 2.05) is 0 Å². The summed E-state index contributed by atoms with van der Waals surface area (Å²) in [5.74, 6) is -1.90. The Morgan fingerprint density at radius 3 is 2.17 bits per heavy atom. The zero-order valence-electron chi connectivity index (χ0n) is 19.9. The lowest BCUT2D eigenvalue weighted by Crippen LogP contribution is -2.28. The van der Waals surface area contributed by atoms with Crippen LogP contribution in [-0.2, 0) is 10.1 Å². The molecule has 0 saturated heterocycles. The van der Waals surface area contributed by atoms with Gasteiger partial charge in [-0.25, -0.2) is 14.4 Å². The van der Waals surface area contributed by atoms with Crippen molar-refractivity contribution < 1.29 is 34.9 Å². The molecule has 0 spiro atoms. The van der Waals surface area contributed by atoms with Crippen molar-refractivity contribution in [1.29, 1.82) is 0 Å². The molecule has 0 amide bonds. The third-order valence-electron chi connectivity index (χ3n) is 5.52. The van der Waals surface area contributed by atoms with Gasteiger partial charge in [-0.3, -0.25) is 0 Å². The Morgan fingerprint density at radius 1 is 0.861 bits per heavy atom. The van der Waals surface area contributed by atoms with Crippen molar-refractivity contribution in [3.05, 3.63) is 48.4 Å². The smallest absolute Gasteiger partial charge is 0.477 e. The van der Waals surface area contributed by atoms with E-state index in [0.717, 1.165) is 25.0 Å². The summed E-state index contributed by atoms with van der Waals surface area (Å²) in [6.45, 7) is 2.75. The molecule has 3 aromatic rings. The highest BCUT2D eigenvalue weighted by atomic mass is 32.2. The molecule has 0 atom stereocenters. The van der Waals surface area contributed by atoms with Crippen LogP contribution in [0, 0.1) is 5.82 Å². The molecule has 2 aromatic carbocycles. The molecule has 0 N–H and O–H groups in total. The maximum absolute atomic E-state index is 14.3. The number of ether oxygens (including phenoxy) is 1. The van der Waals surface area contributed by atoms with Crippen molar-refractivity contribution in [3.63, 3.8) is 0 Å². The molecule has 0 saturated carbocycles. The van der Waals surface area contributed by atoms with Crippen LogP contribution >= 0.6 is 0 Å². The first-order valence-corrected chi connectivity index (χ1v) is 13.2. The molecular weight excluding hydrogens is 500 g/mol. The monoisotopic (exact) mass is 528 g/mol. The fourth-order valence-electron chi connectivity index (χ4n) is 3.57. The Kier molecular flexibility index (Phi) is 9.47. The van der Waals surface area contributed by atoms with E-state index in [9.17, 15) is 26.0 Å². The Morgan fingerprint density at radius 2 is 1.50 bits per heavy atom. The van der Waals surface area contributed by atoms with Gasteiger partial charge in [0.1, 0.15) is 0 Å². The minimum atomic E-state index is -5.97. The van der Waals surface area contributed by atoms with Crippen LogP contribution in [0.3, 0.4) is 0 Å². The summed E-state index contributed by atoms with van der Waals surface area (Å²) in [4.78, 5) is 8.75. The predicted octanol–water partition coefficient (Wildman–Crippen LogP) is 7.18. The lowest BCUT2D eigenvalue weighted by atomic mass is 10.0. The van der Waals surface area contributed by atoms with Gasteiger partial charge in [-0.1, -0.05) is 64.0 Å². The highest BCUT2D eigenvalue weighted by Crippen LogP contribution is 2.31. The molecule has 6 nitrogen and oxygen atoms in total. The molecule has 0 aliphatic heterocycles. The summed E-state index contributed by atoms with van der Waals surface area (Å²) in [5, 5.41) is 0. The maximum atomic E-state index is 14.3. The van der Waals surface area contributed by atoms with Crippen LogP contribution in [0.4, 0.5) is 17.6 Å². The van der Waals surface area contributed by atoms with Gasteiger partial charge in [-0.05, 0) is 41.8 Å². The van der Waals surface area contributed by atoms with Crippen molar-refractivity contribution in [2.75, 3.05) is 6.61 Å². The van der Waals surface area contributed by atoms with Gasteiger partial charge in [-0.15, -0.1) is 0 Å². The van der Waals surface area contributed by atoms with Crippen molar-refractivity contribution in [3.8, 4) is 22.8 Å². The van der Waals surface area contributed by atoms with Crippen LogP contribution in [0.1, 0.15) is 58.3 Å². The molecular formula is C25H28F4N2O4S. The lowest BCUT2D eigenvalue weighted by molar-refractivity contribution is -0.0500. The lowest BCUT2D eigenvalue weighted by Gasteiger charge is -2.11. The Labute approximate surface area is 207 Å².